The van der Waals surface area contributed by atoms with E-state index in [0.29, 0.717) is 17.9 Å². The van der Waals surface area contributed by atoms with Gasteiger partial charge in [-0.1, -0.05) is 64.1 Å². The molecule has 0 fully saturated rings. The lowest BCUT2D eigenvalue weighted by atomic mass is 9.98. The van der Waals surface area contributed by atoms with Gasteiger partial charge in [0.1, 0.15) is 5.75 Å². The molecular formula is C27H42N2O. The molecule has 0 bridgehead atoms. The van der Waals surface area contributed by atoms with Crippen molar-refractivity contribution in [3.05, 3.63) is 65.2 Å². The summed E-state index contributed by atoms with van der Waals surface area (Å²) in [7, 11) is 6.10. The summed E-state index contributed by atoms with van der Waals surface area (Å²) >= 11 is 0. The molecule has 0 amide bonds. The molecule has 0 N–H and O–H groups in total. The molecule has 0 aliphatic rings. The summed E-state index contributed by atoms with van der Waals surface area (Å²) in [5.74, 6) is 2.27. The fourth-order valence-corrected chi connectivity index (χ4v) is 4.19. The third-order valence-corrected chi connectivity index (χ3v) is 5.38. The molecule has 0 unspecified atom stereocenters. The van der Waals surface area contributed by atoms with Gasteiger partial charge in [0.05, 0.1) is 7.11 Å². The van der Waals surface area contributed by atoms with Crippen molar-refractivity contribution in [1.29, 1.82) is 0 Å². The Balaban J connectivity index is 2.30. The Labute approximate surface area is 185 Å². The summed E-state index contributed by atoms with van der Waals surface area (Å²) in [4.78, 5) is 4.98. The van der Waals surface area contributed by atoms with E-state index >= 15 is 0 Å². The van der Waals surface area contributed by atoms with Crippen molar-refractivity contribution in [2.45, 2.75) is 59.7 Å². The van der Waals surface area contributed by atoms with Crippen molar-refractivity contribution in [1.82, 2.24) is 9.80 Å². The molecule has 0 radical (unpaired) electrons. The Morgan fingerprint density at radius 3 is 1.97 bits per heavy atom. The molecule has 30 heavy (non-hydrogen) atoms. The average Bonchev–Trinajstić information content (AvgIpc) is 2.66. The van der Waals surface area contributed by atoms with Crippen LogP contribution in [0.3, 0.4) is 0 Å². The van der Waals surface area contributed by atoms with Crippen molar-refractivity contribution < 1.29 is 4.74 Å². The first-order valence-corrected chi connectivity index (χ1v) is 11.4. The van der Waals surface area contributed by atoms with Crippen LogP contribution in [0.1, 0.15) is 50.8 Å². The molecule has 0 aromatic heterocycles. The van der Waals surface area contributed by atoms with Crippen LogP contribution >= 0.6 is 0 Å². The first-order valence-electron chi connectivity index (χ1n) is 11.4. The van der Waals surface area contributed by atoms with E-state index in [1.54, 1.807) is 7.11 Å². The zero-order valence-electron chi connectivity index (χ0n) is 20.2. The first kappa shape index (κ1) is 24.4. The van der Waals surface area contributed by atoms with Gasteiger partial charge >= 0.3 is 0 Å². The molecule has 3 nitrogen and oxygen atoms in total. The van der Waals surface area contributed by atoms with Crippen molar-refractivity contribution in [3.8, 4) is 5.75 Å². The number of rotatable bonds is 12. The minimum atomic E-state index is 0.500. The van der Waals surface area contributed by atoms with E-state index in [9.17, 15) is 0 Å². The summed E-state index contributed by atoms with van der Waals surface area (Å²) in [6.07, 6.45) is 2.32. The zero-order valence-corrected chi connectivity index (χ0v) is 20.2. The van der Waals surface area contributed by atoms with Crippen molar-refractivity contribution >= 4 is 0 Å². The van der Waals surface area contributed by atoms with Gasteiger partial charge in [-0.05, 0) is 67.6 Å². The molecule has 0 heterocycles. The molecule has 166 valence electrons. The maximum absolute atomic E-state index is 5.47. The van der Waals surface area contributed by atoms with Crippen LogP contribution in [-0.2, 0) is 19.5 Å². The molecule has 2 aromatic carbocycles. The second kappa shape index (κ2) is 12.1. The van der Waals surface area contributed by atoms with Crippen LogP contribution < -0.4 is 4.74 Å². The lowest BCUT2D eigenvalue weighted by Crippen LogP contribution is -2.42. The minimum absolute atomic E-state index is 0.500. The van der Waals surface area contributed by atoms with E-state index in [0.717, 1.165) is 31.8 Å². The topological polar surface area (TPSA) is 15.7 Å². The molecule has 2 rings (SSSR count). The quantitative estimate of drug-likeness (QED) is 0.435. The number of methoxy groups -OCH3 is 1. The third-order valence-electron chi connectivity index (χ3n) is 5.38. The summed E-state index contributed by atoms with van der Waals surface area (Å²) in [6, 6.07) is 18.2. The highest BCUT2D eigenvalue weighted by Crippen LogP contribution is 2.22. The van der Waals surface area contributed by atoms with Gasteiger partial charge in [0.25, 0.3) is 0 Å². The Morgan fingerprint density at radius 1 is 0.800 bits per heavy atom. The molecular weight excluding hydrogens is 368 g/mol. The second-order valence-electron chi connectivity index (χ2n) is 9.72. The fourth-order valence-electron chi connectivity index (χ4n) is 4.19. The number of hydrogen-bond acceptors (Lipinski definition) is 3. The largest absolute Gasteiger partial charge is 0.497 e. The maximum atomic E-state index is 5.47. The van der Waals surface area contributed by atoms with E-state index in [-0.39, 0.29) is 0 Å². The van der Waals surface area contributed by atoms with E-state index in [4.69, 9.17) is 4.74 Å². The van der Waals surface area contributed by atoms with E-state index < -0.39 is 0 Å². The van der Waals surface area contributed by atoms with Gasteiger partial charge in [0.2, 0.25) is 0 Å². The molecule has 3 heteroatoms. The normalized spacial score (nSPS) is 12.9. The van der Waals surface area contributed by atoms with Gasteiger partial charge in [-0.3, -0.25) is 4.90 Å². The standard InChI is InChI=1S/C27H42N2O/c1-21(2)14-23-10-8-11-24(16-23)18-29(26(15-22(3)4)20-28(5)6)19-25-12-9-13-27(17-25)30-7/h8-13,16-17,21-22,26H,14-15,18-20H2,1-7H3/t26-/m0/s1. The fraction of sp³-hybridized carbons (Fsp3) is 0.556. The zero-order chi connectivity index (χ0) is 22.1. The van der Waals surface area contributed by atoms with Gasteiger partial charge in [-0.25, -0.2) is 0 Å². The van der Waals surface area contributed by atoms with Crippen LogP contribution in [-0.4, -0.2) is 43.6 Å². The highest BCUT2D eigenvalue weighted by Gasteiger charge is 2.21. The van der Waals surface area contributed by atoms with Crippen LogP contribution in [0, 0.1) is 11.8 Å². The second-order valence-corrected chi connectivity index (χ2v) is 9.72. The lowest BCUT2D eigenvalue weighted by molar-refractivity contribution is 0.127. The average molecular weight is 411 g/mol. The number of hydrogen-bond donors (Lipinski definition) is 0. The van der Waals surface area contributed by atoms with Crippen LogP contribution in [0.2, 0.25) is 0 Å². The predicted molar refractivity (Wildman–Crippen MR) is 129 cm³/mol. The van der Waals surface area contributed by atoms with Gasteiger partial charge in [-0.15, -0.1) is 0 Å². The molecule has 0 aliphatic heterocycles. The number of ether oxygens (including phenoxy) is 1. The first-order chi connectivity index (χ1) is 14.3. The third kappa shape index (κ3) is 8.49. The Hall–Kier alpha value is -1.84. The number of nitrogens with zero attached hydrogens (tertiary/aromatic N) is 2. The summed E-state index contributed by atoms with van der Waals surface area (Å²) in [5.41, 5.74) is 4.15. The summed E-state index contributed by atoms with van der Waals surface area (Å²) in [5, 5.41) is 0. The molecule has 0 aliphatic carbocycles. The van der Waals surface area contributed by atoms with E-state index in [2.05, 4.69) is 94.1 Å². The Kier molecular flexibility index (Phi) is 9.87. The Morgan fingerprint density at radius 2 is 1.40 bits per heavy atom. The van der Waals surface area contributed by atoms with Crippen LogP contribution in [0.5, 0.6) is 5.75 Å². The van der Waals surface area contributed by atoms with Crippen LogP contribution in [0.4, 0.5) is 0 Å². The van der Waals surface area contributed by atoms with E-state index in [1.165, 1.54) is 23.1 Å². The van der Waals surface area contributed by atoms with Crippen LogP contribution in [0.25, 0.3) is 0 Å². The SMILES string of the molecule is COc1cccc(CN(Cc2cccc(CC(C)C)c2)[C@@H](CC(C)C)CN(C)C)c1. The van der Waals surface area contributed by atoms with Gasteiger partial charge in [0.15, 0.2) is 0 Å². The molecule has 0 saturated carbocycles. The Bertz CT molecular complexity index is 744. The van der Waals surface area contributed by atoms with Crippen molar-refractivity contribution in [2.75, 3.05) is 27.7 Å². The lowest BCUT2D eigenvalue weighted by Gasteiger charge is -2.35. The molecule has 0 spiro atoms. The molecule has 2 aromatic rings. The summed E-state index contributed by atoms with van der Waals surface area (Å²) < 4.78 is 5.47. The monoisotopic (exact) mass is 410 g/mol. The minimum Gasteiger partial charge on any atom is -0.497 e. The van der Waals surface area contributed by atoms with Crippen molar-refractivity contribution in [3.63, 3.8) is 0 Å². The maximum Gasteiger partial charge on any atom is 0.119 e. The van der Waals surface area contributed by atoms with Crippen molar-refractivity contribution in [2.24, 2.45) is 11.8 Å². The molecule has 0 saturated heterocycles. The summed E-state index contributed by atoms with van der Waals surface area (Å²) in [6.45, 7) is 12.2. The number of likely N-dealkylation sites (N-methyl/N-ethyl adjacent to an activating group) is 1. The van der Waals surface area contributed by atoms with E-state index in [1.807, 2.05) is 6.07 Å². The van der Waals surface area contributed by atoms with Gasteiger partial charge < -0.3 is 9.64 Å². The highest BCUT2D eigenvalue weighted by atomic mass is 16.5. The van der Waals surface area contributed by atoms with Gasteiger partial charge in [0, 0.05) is 25.7 Å². The predicted octanol–water partition coefficient (Wildman–Crippen LogP) is 5.87. The highest BCUT2D eigenvalue weighted by molar-refractivity contribution is 5.29. The van der Waals surface area contributed by atoms with Crippen LogP contribution in [0.15, 0.2) is 48.5 Å². The number of benzene rings is 2. The smallest absolute Gasteiger partial charge is 0.119 e. The molecule has 1 atom stereocenters. The van der Waals surface area contributed by atoms with Gasteiger partial charge in [-0.2, -0.15) is 0 Å².